The van der Waals surface area contributed by atoms with Gasteiger partial charge in [-0.15, -0.1) is 12.4 Å². The number of carbonyl (C=O) groups is 1. The van der Waals surface area contributed by atoms with Crippen molar-refractivity contribution in [3.05, 3.63) is 35.4 Å². The van der Waals surface area contributed by atoms with Crippen molar-refractivity contribution in [3.63, 3.8) is 0 Å². The highest BCUT2D eigenvalue weighted by molar-refractivity contribution is 5.94. The van der Waals surface area contributed by atoms with Gasteiger partial charge in [-0.05, 0) is 35.4 Å². The van der Waals surface area contributed by atoms with Crippen molar-refractivity contribution in [1.29, 1.82) is 0 Å². The molecule has 1 aromatic carbocycles. The molecular formula is C19H32ClN3O. The van der Waals surface area contributed by atoms with E-state index in [9.17, 15) is 4.79 Å². The molecule has 0 bridgehead atoms. The van der Waals surface area contributed by atoms with Crippen molar-refractivity contribution in [2.75, 3.05) is 19.6 Å². The molecule has 5 heteroatoms. The van der Waals surface area contributed by atoms with Gasteiger partial charge in [0.05, 0.1) is 0 Å². The van der Waals surface area contributed by atoms with Gasteiger partial charge < -0.3 is 11.1 Å². The Balaban J connectivity index is 0.00000288. The number of nitrogens with one attached hydrogen (secondary N) is 1. The molecule has 2 rings (SSSR count). The van der Waals surface area contributed by atoms with Crippen LogP contribution < -0.4 is 11.1 Å². The average Bonchev–Trinajstić information content (AvgIpc) is 2.48. The molecule has 1 aromatic rings. The Kier molecular flexibility index (Phi) is 7.71. The van der Waals surface area contributed by atoms with Crippen LogP contribution in [0.1, 0.15) is 50.0 Å². The normalized spacial score (nSPS) is 20.5. The monoisotopic (exact) mass is 353 g/mol. The summed E-state index contributed by atoms with van der Waals surface area (Å²) in [5, 5.41) is 2.98. The summed E-state index contributed by atoms with van der Waals surface area (Å²) in [6.07, 6.45) is 1.03. The highest BCUT2D eigenvalue weighted by Gasteiger charge is 2.33. The van der Waals surface area contributed by atoms with E-state index in [1.54, 1.807) is 0 Å². The predicted molar refractivity (Wildman–Crippen MR) is 103 cm³/mol. The average molecular weight is 354 g/mol. The summed E-state index contributed by atoms with van der Waals surface area (Å²) < 4.78 is 0. The maximum Gasteiger partial charge on any atom is 0.251 e. The molecule has 3 N–H and O–H groups in total. The molecule has 1 heterocycles. The lowest BCUT2D eigenvalue weighted by Crippen LogP contribution is -2.52. The molecule has 136 valence electrons. The lowest BCUT2D eigenvalue weighted by molar-refractivity contribution is 0.0896. The fourth-order valence-corrected chi connectivity index (χ4v) is 3.09. The topological polar surface area (TPSA) is 58.4 Å². The van der Waals surface area contributed by atoms with E-state index in [1.807, 2.05) is 18.2 Å². The fourth-order valence-electron chi connectivity index (χ4n) is 3.09. The number of rotatable bonds is 5. The summed E-state index contributed by atoms with van der Waals surface area (Å²) in [7, 11) is 0. The summed E-state index contributed by atoms with van der Waals surface area (Å²) in [5.41, 5.74) is 8.29. The van der Waals surface area contributed by atoms with E-state index in [-0.39, 0.29) is 29.8 Å². The minimum atomic E-state index is 0. The second-order valence-corrected chi connectivity index (χ2v) is 7.90. The molecule has 1 unspecified atom stereocenters. The maximum absolute atomic E-state index is 12.2. The number of amides is 1. The molecule has 0 radical (unpaired) electrons. The highest BCUT2D eigenvalue weighted by Crippen LogP contribution is 2.28. The Morgan fingerprint density at radius 2 is 2.12 bits per heavy atom. The molecule has 1 atom stereocenters. The number of hydrogen-bond acceptors (Lipinski definition) is 3. The van der Waals surface area contributed by atoms with Crippen LogP contribution >= 0.6 is 12.4 Å². The molecule has 0 spiro atoms. The van der Waals surface area contributed by atoms with Gasteiger partial charge in [-0.25, -0.2) is 0 Å². The third kappa shape index (κ3) is 5.76. The van der Waals surface area contributed by atoms with Gasteiger partial charge in [0.2, 0.25) is 0 Å². The van der Waals surface area contributed by atoms with Gasteiger partial charge in [0.15, 0.2) is 0 Å². The smallest absolute Gasteiger partial charge is 0.251 e. The van der Waals surface area contributed by atoms with Crippen molar-refractivity contribution >= 4 is 18.3 Å². The molecule has 1 amide bonds. The van der Waals surface area contributed by atoms with Crippen LogP contribution in [0.4, 0.5) is 0 Å². The molecular weight excluding hydrogens is 322 g/mol. The van der Waals surface area contributed by atoms with E-state index in [0.29, 0.717) is 12.5 Å². The van der Waals surface area contributed by atoms with Crippen molar-refractivity contribution in [3.8, 4) is 0 Å². The zero-order chi connectivity index (χ0) is 17.0. The van der Waals surface area contributed by atoms with E-state index in [1.165, 1.54) is 5.56 Å². The number of piperidine rings is 1. The number of nitrogens with two attached hydrogens (primary N) is 1. The van der Waals surface area contributed by atoms with Crippen LogP contribution in [-0.2, 0) is 6.54 Å². The standard InChI is InChI=1S/C19H31N3O.ClH/c1-14(2)11-21-18(23)16-7-5-6-15(10-16)12-22-9-8-17(20)19(3,4)13-22;/h5-7,10,14,17H,8-9,11-13,20H2,1-4H3,(H,21,23);1H. The van der Waals surface area contributed by atoms with Crippen LogP contribution in [-0.4, -0.2) is 36.5 Å². The van der Waals surface area contributed by atoms with Crippen molar-refractivity contribution in [2.45, 2.75) is 46.7 Å². The number of nitrogens with zero attached hydrogens (tertiary/aromatic N) is 1. The van der Waals surface area contributed by atoms with Gasteiger partial charge in [-0.1, -0.05) is 39.8 Å². The number of benzene rings is 1. The molecule has 4 nitrogen and oxygen atoms in total. The van der Waals surface area contributed by atoms with Gasteiger partial charge in [-0.2, -0.15) is 0 Å². The third-order valence-corrected chi connectivity index (χ3v) is 4.66. The summed E-state index contributed by atoms with van der Waals surface area (Å²) in [5.74, 6) is 0.475. The second-order valence-electron chi connectivity index (χ2n) is 7.90. The summed E-state index contributed by atoms with van der Waals surface area (Å²) in [4.78, 5) is 14.6. The van der Waals surface area contributed by atoms with Crippen molar-refractivity contribution in [1.82, 2.24) is 10.2 Å². The number of carbonyl (C=O) groups excluding carboxylic acids is 1. The summed E-state index contributed by atoms with van der Waals surface area (Å²) >= 11 is 0. The van der Waals surface area contributed by atoms with Crippen LogP contribution in [0, 0.1) is 11.3 Å². The largest absolute Gasteiger partial charge is 0.352 e. The Bertz CT molecular complexity index is 545. The van der Waals surface area contributed by atoms with Crippen molar-refractivity contribution < 1.29 is 4.79 Å². The minimum absolute atomic E-state index is 0. The van der Waals surface area contributed by atoms with Gasteiger partial charge >= 0.3 is 0 Å². The Labute approximate surface area is 152 Å². The predicted octanol–water partition coefficient (Wildman–Crippen LogP) is 3.05. The van der Waals surface area contributed by atoms with E-state index < -0.39 is 0 Å². The SMILES string of the molecule is CC(C)CNC(=O)c1cccc(CN2CCC(N)C(C)(C)C2)c1.Cl. The van der Waals surface area contributed by atoms with E-state index >= 15 is 0 Å². The van der Waals surface area contributed by atoms with E-state index in [0.717, 1.165) is 31.6 Å². The molecule has 0 aromatic heterocycles. The summed E-state index contributed by atoms with van der Waals surface area (Å²) in [6, 6.07) is 8.24. The Morgan fingerprint density at radius 3 is 2.75 bits per heavy atom. The molecule has 24 heavy (non-hydrogen) atoms. The number of likely N-dealkylation sites (tertiary alicyclic amines) is 1. The quantitative estimate of drug-likeness (QED) is 0.855. The first-order valence-electron chi connectivity index (χ1n) is 8.63. The highest BCUT2D eigenvalue weighted by atomic mass is 35.5. The fraction of sp³-hybridized carbons (Fsp3) is 0.632. The van der Waals surface area contributed by atoms with Gasteiger partial charge in [0.25, 0.3) is 5.91 Å². The van der Waals surface area contributed by atoms with Crippen LogP contribution in [0.5, 0.6) is 0 Å². The van der Waals surface area contributed by atoms with E-state index in [2.05, 4.69) is 44.0 Å². The third-order valence-electron chi connectivity index (χ3n) is 4.66. The molecule has 1 saturated heterocycles. The van der Waals surface area contributed by atoms with Gasteiger partial charge in [0.1, 0.15) is 0 Å². The van der Waals surface area contributed by atoms with Crippen LogP contribution in [0.2, 0.25) is 0 Å². The van der Waals surface area contributed by atoms with Crippen LogP contribution in [0.15, 0.2) is 24.3 Å². The lowest BCUT2D eigenvalue weighted by Gasteiger charge is -2.42. The van der Waals surface area contributed by atoms with E-state index in [4.69, 9.17) is 5.73 Å². The van der Waals surface area contributed by atoms with Crippen LogP contribution in [0.3, 0.4) is 0 Å². The zero-order valence-corrected chi connectivity index (χ0v) is 16.2. The minimum Gasteiger partial charge on any atom is -0.352 e. The maximum atomic E-state index is 12.2. The van der Waals surface area contributed by atoms with Crippen molar-refractivity contribution in [2.24, 2.45) is 17.1 Å². The number of hydrogen-bond donors (Lipinski definition) is 2. The molecule has 0 saturated carbocycles. The first-order chi connectivity index (χ1) is 10.8. The second kappa shape index (κ2) is 8.84. The van der Waals surface area contributed by atoms with Gasteiger partial charge in [-0.3, -0.25) is 9.69 Å². The molecule has 0 aliphatic carbocycles. The zero-order valence-electron chi connectivity index (χ0n) is 15.3. The molecule has 1 aliphatic heterocycles. The Hall–Kier alpha value is -1.10. The number of halogens is 1. The molecule has 1 fully saturated rings. The lowest BCUT2D eigenvalue weighted by atomic mass is 9.79. The van der Waals surface area contributed by atoms with Crippen LogP contribution in [0.25, 0.3) is 0 Å². The first-order valence-corrected chi connectivity index (χ1v) is 8.63. The molecule has 1 aliphatic rings. The first kappa shape index (κ1) is 20.9. The summed E-state index contributed by atoms with van der Waals surface area (Å²) in [6.45, 7) is 12.3. The Morgan fingerprint density at radius 1 is 1.42 bits per heavy atom. The van der Waals surface area contributed by atoms with Gasteiger partial charge in [0, 0.05) is 37.8 Å².